The maximum Gasteiger partial charge on any atom is 0.124 e. The van der Waals surface area contributed by atoms with E-state index in [1.807, 2.05) is 11.3 Å². The van der Waals surface area contributed by atoms with Gasteiger partial charge >= 0.3 is 0 Å². The van der Waals surface area contributed by atoms with E-state index in [-0.39, 0.29) is 0 Å². The van der Waals surface area contributed by atoms with Gasteiger partial charge in [-0.2, -0.15) is 0 Å². The Hall–Kier alpha value is -7.11. The van der Waals surface area contributed by atoms with Crippen LogP contribution >= 0.6 is 22.7 Å². The Morgan fingerprint density at radius 2 is 0.932 bits per heavy atom. The first-order valence-electron chi connectivity index (χ1n) is 19.9. The molecule has 276 valence electrons. The topological polar surface area (TPSA) is 16.1 Å². The quantitative estimate of drug-likeness (QED) is 0.156. The van der Waals surface area contributed by atoms with Crippen LogP contribution in [0.25, 0.3) is 95.5 Å². The van der Waals surface area contributed by atoms with Crippen LogP contribution in [-0.2, 0) is 0 Å². The first-order valence-corrected chi connectivity index (χ1v) is 21.6. The van der Waals surface area contributed by atoms with Crippen molar-refractivity contribution in [1.82, 2.24) is 4.98 Å². The Morgan fingerprint density at radius 1 is 0.339 bits per heavy atom. The number of thiophene rings is 1. The van der Waals surface area contributed by atoms with E-state index in [1.54, 1.807) is 11.3 Å². The number of hydrogen-bond acceptors (Lipinski definition) is 4. The lowest BCUT2D eigenvalue weighted by Crippen LogP contribution is -2.09. The molecule has 59 heavy (non-hydrogen) atoms. The molecule has 0 aliphatic heterocycles. The molecule has 0 unspecified atom stereocenters. The van der Waals surface area contributed by atoms with Crippen molar-refractivity contribution >= 4 is 102 Å². The minimum Gasteiger partial charge on any atom is -0.310 e. The molecule has 2 aromatic heterocycles. The van der Waals surface area contributed by atoms with Crippen molar-refractivity contribution in [3.63, 3.8) is 0 Å². The lowest BCUT2D eigenvalue weighted by Gasteiger charge is -2.26. The molecular formula is C55H34N2S2. The van der Waals surface area contributed by atoms with Crippen LogP contribution in [0.3, 0.4) is 0 Å². The zero-order chi connectivity index (χ0) is 38.9. The fraction of sp³-hybridized carbons (Fsp3) is 0. The third-order valence-electron chi connectivity index (χ3n) is 11.7. The molecule has 4 heteroatoms. The lowest BCUT2D eigenvalue weighted by atomic mass is 9.96. The van der Waals surface area contributed by atoms with E-state index in [2.05, 4.69) is 211 Å². The number of hydrogen-bond donors (Lipinski definition) is 0. The lowest BCUT2D eigenvalue weighted by molar-refractivity contribution is 1.29. The molecule has 0 aliphatic rings. The summed E-state index contributed by atoms with van der Waals surface area (Å²) in [6.07, 6.45) is 0. The van der Waals surface area contributed by atoms with Gasteiger partial charge in [0, 0.05) is 48.2 Å². The van der Waals surface area contributed by atoms with E-state index < -0.39 is 0 Å². The van der Waals surface area contributed by atoms with E-state index in [0.717, 1.165) is 33.1 Å². The zero-order valence-electron chi connectivity index (χ0n) is 31.8. The van der Waals surface area contributed by atoms with Gasteiger partial charge in [0.25, 0.3) is 0 Å². The van der Waals surface area contributed by atoms with Crippen molar-refractivity contribution in [1.29, 1.82) is 0 Å². The average molecular weight is 787 g/mol. The minimum absolute atomic E-state index is 1.04. The second-order valence-corrected chi connectivity index (χ2v) is 17.3. The molecule has 0 fully saturated rings. The normalized spacial score (nSPS) is 11.7. The molecule has 10 aromatic carbocycles. The van der Waals surface area contributed by atoms with E-state index in [9.17, 15) is 0 Å². The summed E-state index contributed by atoms with van der Waals surface area (Å²) in [4.78, 5) is 7.46. The first kappa shape index (κ1) is 34.0. The van der Waals surface area contributed by atoms with Gasteiger partial charge in [-0.05, 0) is 110 Å². The molecule has 12 rings (SSSR count). The second-order valence-electron chi connectivity index (χ2n) is 15.2. The van der Waals surface area contributed by atoms with Crippen LogP contribution in [-0.4, -0.2) is 4.98 Å². The minimum atomic E-state index is 1.04. The Balaban J connectivity index is 0.951. The SMILES string of the molecule is c1ccc(-c2nc3ccc4ccc5ccc(-c6ccc(N(c7ccc(-c8ccc9ccccc9c8)cc7)c7ccc8c(c7)sc7ccccc78)cc6)cc5c4c3s2)cc1. The Morgan fingerprint density at radius 3 is 1.73 bits per heavy atom. The standard InChI is InChI=1S/C55H34N2S2/c1-2-9-40(10-3-1)55-56-50-31-24-39-17-15-38-16-19-43(33-49(38)53(39)54(50)59-55)37-22-27-45(28-23-37)57(46-29-30-48-47-12-6-7-13-51(47)58-52(48)34-46)44-25-20-36(21-26-44)42-18-14-35-8-4-5-11-41(35)32-42/h1-34H. The van der Waals surface area contributed by atoms with Gasteiger partial charge in [-0.3, -0.25) is 0 Å². The van der Waals surface area contributed by atoms with Gasteiger partial charge in [-0.25, -0.2) is 4.98 Å². The average Bonchev–Trinajstić information content (AvgIpc) is 3.91. The number of rotatable bonds is 6. The molecule has 0 saturated carbocycles. The Bertz CT molecular complexity index is 3550. The number of aromatic nitrogens is 1. The third-order valence-corrected chi connectivity index (χ3v) is 13.9. The summed E-state index contributed by atoms with van der Waals surface area (Å²) in [6, 6.07) is 75.2. The maximum absolute atomic E-state index is 5.07. The molecular weight excluding hydrogens is 753 g/mol. The van der Waals surface area contributed by atoms with Crippen molar-refractivity contribution < 1.29 is 0 Å². The highest BCUT2D eigenvalue weighted by Crippen LogP contribution is 2.43. The molecule has 0 saturated heterocycles. The summed E-state index contributed by atoms with van der Waals surface area (Å²) in [6.45, 7) is 0. The van der Waals surface area contributed by atoms with Crippen molar-refractivity contribution in [2.24, 2.45) is 0 Å². The maximum atomic E-state index is 5.07. The molecule has 0 amide bonds. The highest BCUT2D eigenvalue weighted by molar-refractivity contribution is 7.25. The summed E-state index contributed by atoms with van der Waals surface area (Å²) in [7, 11) is 0. The van der Waals surface area contributed by atoms with E-state index in [0.29, 0.717) is 0 Å². The number of fused-ring (bicyclic) bond motifs is 9. The van der Waals surface area contributed by atoms with Gasteiger partial charge in [0.2, 0.25) is 0 Å². The Labute approximate surface area is 349 Å². The second kappa shape index (κ2) is 13.8. The highest BCUT2D eigenvalue weighted by Gasteiger charge is 2.17. The molecule has 0 N–H and O–H groups in total. The first-order chi connectivity index (χ1) is 29.2. The molecule has 0 radical (unpaired) electrons. The predicted octanol–water partition coefficient (Wildman–Crippen LogP) is 16.6. The third kappa shape index (κ3) is 5.88. The zero-order valence-corrected chi connectivity index (χ0v) is 33.5. The van der Waals surface area contributed by atoms with Gasteiger partial charge in [0.05, 0.1) is 10.2 Å². The van der Waals surface area contributed by atoms with Gasteiger partial charge in [0.15, 0.2) is 0 Å². The van der Waals surface area contributed by atoms with E-state index in [1.165, 1.54) is 79.4 Å². The van der Waals surface area contributed by atoms with Crippen molar-refractivity contribution in [3.8, 4) is 32.8 Å². The van der Waals surface area contributed by atoms with Crippen LogP contribution in [0.15, 0.2) is 206 Å². The molecule has 0 spiro atoms. The summed E-state index contributed by atoms with van der Waals surface area (Å²) < 4.78 is 3.83. The van der Waals surface area contributed by atoms with Gasteiger partial charge in [-0.1, -0.05) is 146 Å². The molecule has 0 atom stereocenters. The van der Waals surface area contributed by atoms with Crippen LogP contribution in [0.2, 0.25) is 0 Å². The summed E-state index contributed by atoms with van der Waals surface area (Å²) in [5.41, 5.74) is 10.3. The van der Waals surface area contributed by atoms with Crippen LogP contribution < -0.4 is 4.90 Å². The number of thiazole rings is 1. The fourth-order valence-corrected chi connectivity index (χ4v) is 11.0. The van der Waals surface area contributed by atoms with E-state index >= 15 is 0 Å². The van der Waals surface area contributed by atoms with E-state index in [4.69, 9.17) is 4.98 Å². The summed E-state index contributed by atoms with van der Waals surface area (Å²) in [5, 5.41) is 11.2. The van der Waals surface area contributed by atoms with Gasteiger partial charge in [-0.15, -0.1) is 22.7 Å². The van der Waals surface area contributed by atoms with Crippen LogP contribution in [0.1, 0.15) is 0 Å². The molecule has 2 nitrogen and oxygen atoms in total. The van der Waals surface area contributed by atoms with Gasteiger partial charge < -0.3 is 4.90 Å². The van der Waals surface area contributed by atoms with Crippen LogP contribution in [0.5, 0.6) is 0 Å². The molecule has 0 aliphatic carbocycles. The van der Waals surface area contributed by atoms with Crippen molar-refractivity contribution in [2.75, 3.05) is 4.90 Å². The summed E-state index contributed by atoms with van der Waals surface area (Å²) >= 11 is 3.64. The molecule has 2 heterocycles. The van der Waals surface area contributed by atoms with Crippen LogP contribution in [0, 0.1) is 0 Å². The molecule has 0 bridgehead atoms. The van der Waals surface area contributed by atoms with Crippen molar-refractivity contribution in [3.05, 3.63) is 206 Å². The largest absolute Gasteiger partial charge is 0.310 e. The smallest absolute Gasteiger partial charge is 0.124 e. The number of benzene rings is 10. The molecule has 12 aromatic rings. The number of anilines is 3. The monoisotopic (exact) mass is 786 g/mol. The summed E-state index contributed by atoms with van der Waals surface area (Å²) in [5.74, 6) is 0. The highest BCUT2D eigenvalue weighted by atomic mass is 32.1. The van der Waals surface area contributed by atoms with Gasteiger partial charge in [0.1, 0.15) is 5.01 Å². The fourth-order valence-electron chi connectivity index (χ4n) is 8.68. The van der Waals surface area contributed by atoms with Crippen LogP contribution in [0.4, 0.5) is 17.1 Å². The predicted molar refractivity (Wildman–Crippen MR) is 256 cm³/mol. The van der Waals surface area contributed by atoms with Crippen molar-refractivity contribution in [2.45, 2.75) is 0 Å². The Kier molecular flexibility index (Phi) is 7.93. The number of nitrogens with zero attached hydrogens (tertiary/aromatic N) is 2.